The molecule has 0 saturated carbocycles. The summed E-state index contributed by atoms with van der Waals surface area (Å²) in [5, 5.41) is 1.14. The number of aromatic nitrogens is 1. The zero-order chi connectivity index (χ0) is 19.6. The number of anilines is 1. The van der Waals surface area contributed by atoms with Crippen LogP contribution in [0.3, 0.4) is 0 Å². The average Bonchev–Trinajstić information content (AvgIpc) is 3.17. The third-order valence-electron chi connectivity index (χ3n) is 6.29. The van der Waals surface area contributed by atoms with Gasteiger partial charge in [-0.05, 0) is 48.6 Å². The maximum atomic E-state index is 13.6. The standard InChI is InChI=1S/C23H23N3O2/c1-14(2)15-8-10-16(11-9-15)26-21(27)23(3)20-18(12-13-25(23)22(26)28)17-6-4-5-7-19(17)24-20/h4-11,14,24H,12-13H2,1-3H3. The highest BCUT2D eigenvalue weighted by atomic mass is 16.2. The van der Waals surface area contributed by atoms with Gasteiger partial charge in [0.1, 0.15) is 0 Å². The van der Waals surface area contributed by atoms with Crippen molar-refractivity contribution in [3.63, 3.8) is 0 Å². The topological polar surface area (TPSA) is 56.4 Å². The number of nitrogens with one attached hydrogen (secondary N) is 1. The van der Waals surface area contributed by atoms with E-state index in [1.807, 2.05) is 49.4 Å². The fourth-order valence-electron chi connectivity index (χ4n) is 4.63. The molecule has 142 valence electrons. The predicted molar refractivity (Wildman–Crippen MR) is 109 cm³/mol. The summed E-state index contributed by atoms with van der Waals surface area (Å²) in [5.41, 5.74) is 3.82. The van der Waals surface area contributed by atoms with Gasteiger partial charge in [-0.1, -0.05) is 44.2 Å². The van der Waals surface area contributed by atoms with Gasteiger partial charge in [-0.2, -0.15) is 0 Å². The number of para-hydroxylation sites is 1. The molecule has 28 heavy (non-hydrogen) atoms. The molecular weight excluding hydrogens is 350 g/mol. The molecule has 3 aromatic rings. The van der Waals surface area contributed by atoms with Crippen LogP contribution in [0.25, 0.3) is 10.9 Å². The van der Waals surface area contributed by atoms with Crippen molar-refractivity contribution in [3.8, 4) is 0 Å². The number of nitrogens with zero attached hydrogens (tertiary/aromatic N) is 2. The first-order chi connectivity index (χ1) is 13.4. The predicted octanol–water partition coefficient (Wildman–Crippen LogP) is 4.53. The summed E-state index contributed by atoms with van der Waals surface area (Å²) in [6.45, 7) is 6.65. The Balaban J connectivity index is 1.62. The second kappa shape index (κ2) is 5.71. The highest BCUT2D eigenvalue weighted by molar-refractivity contribution is 6.23. The van der Waals surface area contributed by atoms with Crippen LogP contribution >= 0.6 is 0 Å². The van der Waals surface area contributed by atoms with Gasteiger partial charge in [-0.3, -0.25) is 4.79 Å². The quantitative estimate of drug-likeness (QED) is 0.671. The first kappa shape index (κ1) is 17.0. The van der Waals surface area contributed by atoms with E-state index in [1.54, 1.807) is 4.90 Å². The zero-order valence-electron chi connectivity index (χ0n) is 16.3. The van der Waals surface area contributed by atoms with E-state index in [2.05, 4.69) is 24.9 Å². The van der Waals surface area contributed by atoms with E-state index >= 15 is 0 Å². The molecule has 0 bridgehead atoms. The van der Waals surface area contributed by atoms with E-state index in [-0.39, 0.29) is 11.9 Å². The minimum atomic E-state index is -1.000. The van der Waals surface area contributed by atoms with E-state index in [9.17, 15) is 9.59 Å². The highest BCUT2D eigenvalue weighted by Gasteiger charge is 2.58. The van der Waals surface area contributed by atoms with Crippen molar-refractivity contribution in [2.24, 2.45) is 0 Å². The summed E-state index contributed by atoms with van der Waals surface area (Å²) in [5.74, 6) is 0.207. The lowest BCUT2D eigenvalue weighted by Crippen LogP contribution is -2.49. The van der Waals surface area contributed by atoms with Gasteiger partial charge in [0.15, 0.2) is 5.54 Å². The molecule has 0 radical (unpaired) electrons. The van der Waals surface area contributed by atoms with Gasteiger partial charge in [0.2, 0.25) is 0 Å². The molecule has 1 aromatic heterocycles. The molecule has 1 fully saturated rings. The Morgan fingerprint density at radius 3 is 2.46 bits per heavy atom. The van der Waals surface area contributed by atoms with Crippen molar-refractivity contribution >= 4 is 28.5 Å². The number of hydrogen-bond acceptors (Lipinski definition) is 2. The van der Waals surface area contributed by atoms with Gasteiger partial charge in [0, 0.05) is 17.4 Å². The van der Waals surface area contributed by atoms with Gasteiger partial charge < -0.3 is 9.88 Å². The van der Waals surface area contributed by atoms with Crippen molar-refractivity contribution < 1.29 is 9.59 Å². The molecule has 0 spiro atoms. The van der Waals surface area contributed by atoms with Gasteiger partial charge >= 0.3 is 6.03 Å². The van der Waals surface area contributed by atoms with Crippen molar-refractivity contribution in [2.45, 2.75) is 38.6 Å². The lowest BCUT2D eigenvalue weighted by Gasteiger charge is -2.35. The van der Waals surface area contributed by atoms with Crippen LogP contribution in [0, 0.1) is 0 Å². The Morgan fingerprint density at radius 2 is 1.75 bits per heavy atom. The van der Waals surface area contributed by atoms with Crippen LogP contribution in [0.5, 0.6) is 0 Å². The van der Waals surface area contributed by atoms with E-state index < -0.39 is 5.54 Å². The number of fused-ring (bicyclic) bond motifs is 5. The molecular formula is C23H23N3O2. The Kier molecular flexibility index (Phi) is 3.48. The normalized spacial score (nSPS) is 21.6. The first-order valence-corrected chi connectivity index (χ1v) is 9.79. The molecule has 1 saturated heterocycles. The van der Waals surface area contributed by atoms with Crippen LogP contribution in [0.1, 0.15) is 43.5 Å². The first-order valence-electron chi connectivity index (χ1n) is 9.79. The molecule has 1 unspecified atom stereocenters. The molecule has 2 aromatic carbocycles. The van der Waals surface area contributed by atoms with Crippen LogP contribution in [-0.4, -0.2) is 28.4 Å². The van der Waals surface area contributed by atoms with Crippen molar-refractivity contribution in [2.75, 3.05) is 11.4 Å². The summed E-state index contributed by atoms with van der Waals surface area (Å²) >= 11 is 0. The molecule has 3 amide bonds. The number of aromatic amines is 1. The average molecular weight is 373 g/mol. The number of imide groups is 1. The summed E-state index contributed by atoms with van der Waals surface area (Å²) in [6.07, 6.45) is 0.744. The Hall–Kier alpha value is -3.08. The molecule has 5 heteroatoms. The Bertz CT molecular complexity index is 1110. The SMILES string of the molecule is CC(C)c1ccc(N2C(=O)N3CCc4c([nH]c5ccccc45)C3(C)C2=O)cc1. The summed E-state index contributed by atoms with van der Waals surface area (Å²) < 4.78 is 0. The molecule has 5 rings (SSSR count). The van der Waals surface area contributed by atoms with Crippen molar-refractivity contribution in [1.82, 2.24) is 9.88 Å². The van der Waals surface area contributed by atoms with Crippen LogP contribution in [0.15, 0.2) is 48.5 Å². The van der Waals surface area contributed by atoms with Crippen LogP contribution < -0.4 is 4.90 Å². The number of carbonyl (C=O) groups excluding carboxylic acids is 2. The minimum absolute atomic E-state index is 0.192. The van der Waals surface area contributed by atoms with Crippen molar-refractivity contribution in [1.29, 1.82) is 0 Å². The number of urea groups is 1. The number of rotatable bonds is 2. The molecule has 2 aliphatic rings. The minimum Gasteiger partial charge on any atom is -0.356 e. The Labute approximate surface area is 163 Å². The number of benzene rings is 2. The number of carbonyl (C=O) groups is 2. The van der Waals surface area contributed by atoms with E-state index in [4.69, 9.17) is 0 Å². The van der Waals surface area contributed by atoms with Gasteiger partial charge in [0.05, 0.1) is 11.4 Å². The maximum Gasteiger partial charge on any atom is 0.332 e. The van der Waals surface area contributed by atoms with Crippen molar-refractivity contribution in [3.05, 3.63) is 65.4 Å². The van der Waals surface area contributed by atoms with E-state index in [1.165, 1.54) is 10.5 Å². The number of amides is 3. The number of hydrogen-bond donors (Lipinski definition) is 1. The van der Waals surface area contributed by atoms with Gasteiger partial charge in [0.25, 0.3) is 5.91 Å². The van der Waals surface area contributed by atoms with E-state index in [0.717, 1.165) is 28.6 Å². The smallest absolute Gasteiger partial charge is 0.332 e. The molecule has 0 aliphatic carbocycles. The third-order valence-corrected chi connectivity index (χ3v) is 6.29. The monoisotopic (exact) mass is 373 g/mol. The molecule has 2 aliphatic heterocycles. The summed E-state index contributed by atoms with van der Waals surface area (Å²) in [7, 11) is 0. The van der Waals surface area contributed by atoms with Crippen LogP contribution in [0.2, 0.25) is 0 Å². The zero-order valence-corrected chi connectivity index (χ0v) is 16.3. The fraction of sp³-hybridized carbons (Fsp3) is 0.304. The largest absolute Gasteiger partial charge is 0.356 e. The number of H-pyrrole nitrogens is 1. The second-order valence-corrected chi connectivity index (χ2v) is 8.17. The molecule has 1 N–H and O–H groups in total. The fourth-order valence-corrected chi connectivity index (χ4v) is 4.63. The second-order valence-electron chi connectivity index (χ2n) is 8.17. The van der Waals surface area contributed by atoms with Gasteiger partial charge in [-0.15, -0.1) is 0 Å². The molecule has 1 atom stereocenters. The highest BCUT2D eigenvalue weighted by Crippen LogP contribution is 2.45. The van der Waals surface area contributed by atoms with E-state index in [0.29, 0.717) is 18.2 Å². The Morgan fingerprint density at radius 1 is 1.04 bits per heavy atom. The third kappa shape index (κ3) is 2.07. The van der Waals surface area contributed by atoms with Crippen LogP contribution in [-0.2, 0) is 16.8 Å². The summed E-state index contributed by atoms with van der Waals surface area (Å²) in [6, 6.07) is 15.6. The molecule has 3 heterocycles. The lowest BCUT2D eigenvalue weighted by atomic mass is 9.87. The van der Waals surface area contributed by atoms with Crippen LogP contribution in [0.4, 0.5) is 10.5 Å². The molecule has 5 nitrogen and oxygen atoms in total. The summed E-state index contributed by atoms with van der Waals surface area (Å²) in [4.78, 5) is 33.3. The maximum absolute atomic E-state index is 13.6. The van der Waals surface area contributed by atoms with Gasteiger partial charge in [-0.25, -0.2) is 9.69 Å². The lowest BCUT2D eigenvalue weighted by molar-refractivity contribution is -0.125.